The molecule has 2 fully saturated rings. The van der Waals surface area contributed by atoms with Crippen molar-refractivity contribution in [1.82, 2.24) is 4.90 Å². The van der Waals surface area contributed by atoms with Crippen LogP contribution in [0.3, 0.4) is 0 Å². The van der Waals surface area contributed by atoms with Crippen LogP contribution in [-0.2, 0) is 9.47 Å². The normalized spacial score (nSPS) is 28.5. The predicted octanol–water partition coefficient (Wildman–Crippen LogP) is 2.22. The highest BCUT2D eigenvalue weighted by Gasteiger charge is 2.37. The number of benzene rings is 1. The summed E-state index contributed by atoms with van der Waals surface area (Å²) in [6.07, 6.45) is 1.97. The van der Waals surface area contributed by atoms with E-state index in [1.54, 1.807) is 0 Å². The molecule has 1 saturated carbocycles. The molecule has 126 valence electrons. The summed E-state index contributed by atoms with van der Waals surface area (Å²) < 4.78 is 11.2. The van der Waals surface area contributed by atoms with Crippen molar-refractivity contribution in [3.8, 4) is 0 Å². The van der Waals surface area contributed by atoms with Gasteiger partial charge in [-0.1, -0.05) is 18.2 Å². The third kappa shape index (κ3) is 4.01. The topological polar surface area (TPSA) is 54.0 Å². The van der Waals surface area contributed by atoms with E-state index in [1.165, 1.54) is 0 Å². The molecule has 3 atom stereocenters. The number of para-hydroxylation sites is 1. The van der Waals surface area contributed by atoms with Gasteiger partial charge in [0.25, 0.3) is 0 Å². The van der Waals surface area contributed by atoms with E-state index in [1.807, 2.05) is 42.3 Å². The summed E-state index contributed by atoms with van der Waals surface area (Å²) in [5.41, 5.74) is 0.959. The molecule has 2 N–H and O–H groups in total. The molecule has 1 aliphatic carbocycles. The van der Waals surface area contributed by atoms with E-state index in [2.05, 4.69) is 5.32 Å². The Morgan fingerprint density at radius 3 is 2.57 bits per heavy atom. The van der Waals surface area contributed by atoms with Crippen molar-refractivity contribution in [1.29, 1.82) is 0 Å². The van der Waals surface area contributed by atoms with Gasteiger partial charge in [-0.3, -0.25) is 0 Å². The van der Waals surface area contributed by atoms with E-state index in [-0.39, 0.29) is 18.2 Å². The standard InChI is InChI=1S/C17H24N2O3S/c1-19(17(23)18-13-5-3-2-4-6-13)14-8-7-12(11-15(14)20)16-21-9-10-22-16/h2-6,12,14-16,20H,7-11H2,1H3,(H,18,23). The Bertz CT molecular complexity index is 522. The van der Waals surface area contributed by atoms with Crippen molar-refractivity contribution in [3.05, 3.63) is 30.3 Å². The van der Waals surface area contributed by atoms with Crippen LogP contribution in [0.4, 0.5) is 5.69 Å². The first-order valence-electron chi connectivity index (χ1n) is 8.15. The van der Waals surface area contributed by atoms with Gasteiger partial charge in [0, 0.05) is 18.7 Å². The number of hydrogen-bond donors (Lipinski definition) is 2. The second-order valence-corrected chi connectivity index (χ2v) is 6.61. The molecular formula is C17H24N2O3S. The van der Waals surface area contributed by atoms with Gasteiger partial charge in [-0.05, 0) is 43.6 Å². The Hall–Kier alpha value is -1.21. The Morgan fingerprint density at radius 2 is 1.91 bits per heavy atom. The summed E-state index contributed by atoms with van der Waals surface area (Å²) in [5.74, 6) is 0.271. The summed E-state index contributed by atoms with van der Waals surface area (Å²) in [4.78, 5) is 1.97. The van der Waals surface area contributed by atoms with Crippen LogP contribution in [-0.4, -0.2) is 53.8 Å². The fraction of sp³-hybridized carbons (Fsp3) is 0.588. The van der Waals surface area contributed by atoms with Crippen LogP contribution in [0, 0.1) is 5.92 Å². The van der Waals surface area contributed by atoms with Crippen LogP contribution in [0.25, 0.3) is 0 Å². The van der Waals surface area contributed by atoms with Crippen molar-refractivity contribution in [2.75, 3.05) is 25.6 Å². The number of likely N-dealkylation sites (N-methyl/N-ethyl adjacent to an activating group) is 1. The van der Waals surface area contributed by atoms with Gasteiger partial charge in [0.15, 0.2) is 11.4 Å². The molecule has 6 heteroatoms. The maximum absolute atomic E-state index is 10.5. The molecular weight excluding hydrogens is 312 g/mol. The molecule has 1 heterocycles. The molecule has 1 saturated heterocycles. The zero-order valence-electron chi connectivity index (χ0n) is 13.4. The lowest BCUT2D eigenvalue weighted by Crippen LogP contribution is -2.50. The highest BCUT2D eigenvalue weighted by Crippen LogP contribution is 2.32. The van der Waals surface area contributed by atoms with Crippen molar-refractivity contribution in [2.24, 2.45) is 5.92 Å². The Balaban J connectivity index is 1.55. The molecule has 0 aromatic heterocycles. The lowest BCUT2D eigenvalue weighted by Gasteiger charge is -2.40. The molecule has 5 nitrogen and oxygen atoms in total. The lowest BCUT2D eigenvalue weighted by atomic mass is 9.83. The summed E-state index contributed by atoms with van der Waals surface area (Å²) in [5, 5.41) is 14.4. The van der Waals surface area contributed by atoms with Gasteiger partial charge in [0.05, 0.1) is 25.4 Å². The van der Waals surface area contributed by atoms with E-state index < -0.39 is 6.10 Å². The molecule has 0 amide bonds. The molecule has 0 spiro atoms. The van der Waals surface area contributed by atoms with E-state index >= 15 is 0 Å². The molecule has 3 unspecified atom stereocenters. The third-order valence-electron chi connectivity index (χ3n) is 4.70. The van der Waals surface area contributed by atoms with E-state index in [9.17, 15) is 5.11 Å². The number of nitrogens with zero attached hydrogens (tertiary/aromatic N) is 1. The van der Waals surface area contributed by atoms with Crippen molar-refractivity contribution < 1.29 is 14.6 Å². The highest BCUT2D eigenvalue weighted by atomic mass is 32.1. The smallest absolute Gasteiger partial charge is 0.173 e. The Labute approximate surface area is 142 Å². The van der Waals surface area contributed by atoms with E-state index in [4.69, 9.17) is 21.7 Å². The second kappa shape index (κ2) is 7.57. The first kappa shape index (κ1) is 16.6. The van der Waals surface area contributed by atoms with Gasteiger partial charge in [0.2, 0.25) is 0 Å². The summed E-state index contributed by atoms with van der Waals surface area (Å²) in [6.45, 7) is 1.32. The Kier molecular flexibility index (Phi) is 5.48. The number of rotatable bonds is 3. The summed E-state index contributed by atoms with van der Waals surface area (Å²) in [6, 6.07) is 9.87. The SMILES string of the molecule is CN(C(=S)Nc1ccccc1)C1CCC(C2OCCO2)CC1O. The van der Waals surface area contributed by atoms with Gasteiger partial charge in [-0.2, -0.15) is 0 Å². The third-order valence-corrected chi connectivity index (χ3v) is 5.09. The van der Waals surface area contributed by atoms with Crippen LogP contribution >= 0.6 is 12.2 Å². The molecule has 0 bridgehead atoms. The van der Waals surface area contributed by atoms with Gasteiger partial charge in [0.1, 0.15) is 0 Å². The zero-order valence-corrected chi connectivity index (χ0v) is 14.2. The number of aliphatic hydroxyl groups is 1. The van der Waals surface area contributed by atoms with Crippen molar-refractivity contribution in [2.45, 2.75) is 37.7 Å². The average molecular weight is 336 g/mol. The van der Waals surface area contributed by atoms with Gasteiger partial charge in [-0.15, -0.1) is 0 Å². The number of hydrogen-bond acceptors (Lipinski definition) is 4. The van der Waals surface area contributed by atoms with Crippen molar-refractivity contribution >= 4 is 23.0 Å². The number of nitrogens with one attached hydrogen (secondary N) is 1. The lowest BCUT2D eigenvalue weighted by molar-refractivity contribution is -0.111. The maximum Gasteiger partial charge on any atom is 0.173 e. The molecule has 1 aliphatic heterocycles. The summed E-state index contributed by atoms with van der Waals surface area (Å²) in [7, 11) is 1.94. The number of anilines is 1. The fourth-order valence-corrected chi connectivity index (χ4v) is 3.65. The van der Waals surface area contributed by atoms with Crippen molar-refractivity contribution in [3.63, 3.8) is 0 Å². The quantitative estimate of drug-likeness (QED) is 0.826. The number of thiocarbonyl (C=S) groups is 1. The molecule has 2 aliphatic rings. The largest absolute Gasteiger partial charge is 0.391 e. The van der Waals surface area contributed by atoms with Crippen LogP contribution in [0.1, 0.15) is 19.3 Å². The second-order valence-electron chi connectivity index (χ2n) is 6.22. The number of aliphatic hydroxyl groups excluding tert-OH is 1. The first-order valence-corrected chi connectivity index (χ1v) is 8.56. The minimum atomic E-state index is -0.429. The molecule has 1 aromatic carbocycles. The fourth-order valence-electron chi connectivity index (χ4n) is 3.39. The first-order chi connectivity index (χ1) is 11.1. The molecule has 23 heavy (non-hydrogen) atoms. The van der Waals surface area contributed by atoms with E-state index in [0.717, 1.165) is 18.5 Å². The predicted molar refractivity (Wildman–Crippen MR) is 93.3 cm³/mol. The molecule has 3 rings (SSSR count). The molecule has 0 radical (unpaired) electrons. The molecule has 1 aromatic rings. The van der Waals surface area contributed by atoms with E-state index in [0.29, 0.717) is 24.7 Å². The average Bonchev–Trinajstić information content (AvgIpc) is 3.09. The van der Waals surface area contributed by atoms with Gasteiger partial charge in [-0.25, -0.2) is 0 Å². The van der Waals surface area contributed by atoms with Gasteiger partial charge >= 0.3 is 0 Å². The summed E-state index contributed by atoms with van der Waals surface area (Å²) >= 11 is 5.48. The Morgan fingerprint density at radius 1 is 1.22 bits per heavy atom. The van der Waals surface area contributed by atoms with Crippen LogP contribution in [0.2, 0.25) is 0 Å². The zero-order chi connectivity index (χ0) is 16.2. The highest BCUT2D eigenvalue weighted by molar-refractivity contribution is 7.80. The monoisotopic (exact) mass is 336 g/mol. The minimum Gasteiger partial charge on any atom is -0.391 e. The maximum atomic E-state index is 10.5. The van der Waals surface area contributed by atoms with Crippen LogP contribution < -0.4 is 5.32 Å². The minimum absolute atomic E-state index is 0.0244. The number of ether oxygens (including phenoxy) is 2. The van der Waals surface area contributed by atoms with Crippen LogP contribution in [0.15, 0.2) is 30.3 Å². The van der Waals surface area contributed by atoms with Crippen LogP contribution in [0.5, 0.6) is 0 Å². The van der Waals surface area contributed by atoms with Gasteiger partial charge < -0.3 is 24.8 Å².